The molecule has 0 fully saturated rings. The van der Waals surface area contributed by atoms with Gasteiger partial charge in [-0.3, -0.25) is 14.4 Å². The van der Waals surface area contributed by atoms with E-state index in [0.717, 1.165) is 69.6 Å². The Balaban J connectivity index is 4.32. The van der Waals surface area contributed by atoms with Crippen molar-refractivity contribution in [3.63, 3.8) is 0 Å². The molecule has 0 amide bonds. The van der Waals surface area contributed by atoms with Crippen molar-refractivity contribution < 1.29 is 28.6 Å². The molecule has 6 nitrogen and oxygen atoms in total. The normalized spacial score (nSPS) is 12.1. The van der Waals surface area contributed by atoms with Crippen LogP contribution in [0.2, 0.25) is 0 Å². The minimum Gasteiger partial charge on any atom is -0.462 e. The molecule has 0 aromatic heterocycles. The van der Waals surface area contributed by atoms with Gasteiger partial charge in [-0.15, -0.1) is 0 Å². The standard InChI is InChI=1S/C42H80O6/c1-6-7-8-9-15-22-27-32-40(43)46-35-39(36-47-41(44)33-28-23-18-14-13-17-21-26-31-38(4)5)48-42(45)34-29-24-19-12-10-11-16-20-25-30-37(2)3/h37-39H,6-36H2,1-5H3/t39-/m0/s1. The molecule has 0 saturated heterocycles. The van der Waals surface area contributed by atoms with Crippen molar-refractivity contribution in [2.75, 3.05) is 13.2 Å². The minimum atomic E-state index is -0.758. The zero-order chi connectivity index (χ0) is 35.5. The third-order valence-corrected chi connectivity index (χ3v) is 9.22. The van der Waals surface area contributed by atoms with E-state index in [4.69, 9.17) is 14.2 Å². The Labute approximate surface area is 298 Å². The number of ether oxygens (including phenoxy) is 3. The lowest BCUT2D eigenvalue weighted by molar-refractivity contribution is -0.167. The maximum atomic E-state index is 12.6. The molecule has 0 bridgehead atoms. The van der Waals surface area contributed by atoms with Gasteiger partial charge in [0, 0.05) is 19.3 Å². The first-order chi connectivity index (χ1) is 23.2. The minimum absolute atomic E-state index is 0.0666. The van der Waals surface area contributed by atoms with Crippen molar-refractivity contribution in [1.29, 1.82) is 0 Å². The fraction of sp³-hybridized carbons (Fsp3) is 0.929. The first kappa shape index (κ1) is 46.4. The quantitative estimate of drug-likeness (QED) is 0.0372. The number of rotatable bonds is 36. The SMILES string of the molecule is CCCCCCCCCC(=O)OC[C@@H](COC(=O)CCCCCCCCCCC(C)C)OC(=O)CCCCCCCCCCCC(C)C. The van der Waals surface area contributed by atoms with E-state index in [9.17, 15) is 14.4 Å². The fourth-order valence-electron chi connectivity index (χ4n) is 6.05. The van der Waals surface area contributed by atoms with E-state index in [0.29, 0.717) is 19.3 Å². The van der Waals surface area contributed by atoms with Gasteiger partial charge in [-0.2, -0.15) is 0 Å². The van der Waals surface area contributed by atoms with Crippen LogP contribution in [0.5, 0.6) is 0 Å². The molecule has 0 rings (SSSR count). The van der Waals surface area contributed by atoms with E-state index in [1.165, 1.54) is 109 Å². The lowest BCUT2D eigenvalue weighted by Gasteiger charge is -2.18. The molecule has 0 saturated carbocycles. The molecular formula is C42H80O6. The van der Waals surface area contributed by atoms with Crippen LogP contribution in [0.3, 0.4) is 0 Å². The average molecular weight is 681 g/mol. The predicted molar refractivity (Wildman–Crippen MR) is 201 cm³/mol. The lowest BCUT2D eigenvalue weighted by atomic mass is 10.0. The number of hydrogen-bond donors (Lipinski definition) is 0. The smallest absolute Gasteiger partial charge is 0.306 e. The zero-order valence-corrected chi connectivity index (χ0v) is 32.6. The Kier molecular flexibility index (Phi) is 34.1. The maximum Gasteiger partial charge on any atom is 0.306 e. The Morgan fingerprint density at radius 1 is 0.396 bits per heavy atom. The molecule has 0 radical (unpaired) electrons. The summed E-state index contributed by atoms with van der Waals surface area (Å²) >= 11 is 0. The molecule has 48 heavy (non-hydrogen) atoms. The predicted octanol–water partition coefficient (Wildman–Crippen LogP) is 12.6. The monoisotopic (exact) mass is 681 g/mol. The van der Waals surface area contributed by atoms with Crippen LogP contribution in [0.1, 0.15) is 221 Å². The van der Waals surface area contributed by atoms with E-state index in [2.05, 4.69) is 34.6 Å². The van der Waals surface area contributed by atoms with Crippen molar-refractivity contribution in [3.05, 3.63) is 0 Å². The van der Waals surface area contributed by atoms with E-state index in [-0.39, 0.29) is 31.1 Å². The van der Waals surface area contributed by atoms with Gasteiger partial charge >= 0.3 is 17.9 Å². The summed E-state index contributed by atoms with van der Waals surface area (Å²) in [6, 6.07) is 0. The van der Waals surface area contributed by atoms with Gasteiger partial charge in [0.2, 0.25) is 0 Å². The highest BCUT2D eigenvalue weighted by atomic mass is 16.6. The van der Waals surface area contributed by atoms with Crippen LogP contribution in [0.15, 0.2) is 0 Å². The maximum absolute atomic E-state index is 12.6. The number of unbranched alkanes of at least 4 members (excludes halogenated alkanes) is 21. The molecule has 0 aliphatic carbocycles. The van der Waals surface area contributed by atoms with Crippen molar-refractivity contribution in [2.45, 2.75) is 227 Å². The number of carbonyl (C=O) groups excluding carboxylic acids is 3. The first-order valence-corrected chi connectivity index (χ1v) is 20.7. The van der Waals surface area contributed by atoms with Crippen molar-refractivity contribution in [2.24, 2.45) is 11.8 Å². The summed E-state index contributed by atoms with van der Waals surface area (Å²) in [6.45, 7) is 11.2. The van der Waals surface area contributed by atoms with Gasteiger partial charge < -0.3 is 14.2 Å². The van der Waals surface area contributed by atoms with Crippen molar-refractivity contribution in [3.8, 4) is 0 Å². The Morgan fingerprint density at radius 3 is 1.02 bits per heavy atom. The van der Waals surface area contributed by atoms with Crippen LogP contribution < -0.4 is 0 Å². The largest absolute Gasteiger partial charge is 0.462 e. The number of carbonyl (C=O) groups is 3. The molecule has 0 N–H and O–H groups in total. The molecule has 0 aliphatic rings. The second kappa shape index (κ2) is 35.2. The van der Waals surface area contributed by atoms with E-state index in [1.54, 1.807) is 0 Å². The molecule has 284 valence electrons. The number of hydrogen-bond acceptors (Lipinski definition) is 6. The summed E-state index contributed by atoms with van der Waals surface area (Å²) in [4.78, 5) is 37.4. The van der Waals surface area contributed by atoms with Crippen LogP contribution in [-0.2, 0) is 28.6 Å². The molecule has 0 aliphatic heterocycles. The van der Waals surface area contributed by atoms with E-state index >= 15 is 0 Å². The summed E-state index contributed by atoms with van der Waals surface area (Å²) in [5.74, 6) is 0.731. The molecule has 0 unspecified atom stereocenters. The van der Waals surface area contributed by atoms with Crippen LogP contribution in [0.4, 0.5) is 0 Å². The average Bonchev–Trinajstić information content (AvgIpc) is 3.04. The Bertz CT molecular complexity index is 734. The van der Waals surface area contributed by atoms with Crippen molar-refractivity contribution in [1.82, 2.24) is 0 Å². The second-order valence-corrected chi connectivity index (χ2v) is 15.2. The third kappa shape index (κ3) is 35.7. The van der Waals surface area contributed by atoms with Crippen LogP contribution in [-0.4, -0.2) is 37.2 Å². The molecule has 0 aromatic rings. The summed E-state index contributed by atoms with van der Waals surface area (Å²) < 4.78 is 16.6. The molecule has 6 heteroatoms. The highest BCUT2D eigenvalue weighted by molar-refractivity contribution is 5.71. The van der Waals surface area contributed by atoms with Crippen LogP contribution >= 0.6 is 0 Å². The Hall–Kier alpha value is -1.59. The molecule has 0 heterocycles. The Morgan fingerprint density at radius 2 is 0.688 bits per heavy atom. The molecule has 1 atom stereocenters. The third-order valence-electron chi connectivity index (χ3n) is 9.22. The second-order valence-electron chi connectivity index (χ2n) is 15.2. The van der Waals surface area contributed by atoms with Crippen LogP contribution in [0.25, 0.3) is 0 Å². The molecule has 0 spiro atoms. The summed E-state index contributed by atoms with van der Waals surface area (Å²) in [5.41, 5.74) is 0. The van der Waals surface area contributed by atoms with Gasteiger partial charge in [0.25, 0.3) is 0 Å². The van der Waals surface area contributed by atoms with Gasteiger partial charge in [0.1, 0.15) is 13.2 Å². The van der Waals surface area contributed by atoms with Gasteiger partial charge in [-0.05, 0) is 31.1 Å². The summed E-state index contributed by atoms with van der Waals surface area (Å²) in [6.07, 6.45) is 31.0. The fourth-order valence-corrected chi connectivity index (χ4v) is 6.05. The van der Waals surface area contributed by atoms with Gasteiger partial charge in [0.05, 0.1) is 0 Å². The zero-order valence-electron chi connectivity index (χ0n) is 32.6. The van der Waals surface area contributed by atoms with E-state index < -0.39 is 6.10 Å². The van der Waals surface area contributed by atoms with Gasteiger partial charge in [-0.25, -0.2) is 0 Å². The highest BCUT2D eigenvalue weighted by Crippen LogP contribution is 2.16. The topological polar surface area (TPSA) is 78.9 Å². The molecule has 0 aromatic carbocycles. The number of esters is 3. The lowest BCUT2D eigenvalue weighted by Crippen LogP contribution is -2.30. The molecular weight excluding hydrogens is 600 g/mol. The van der Waals surface area contributed by atoms with Gasteiger partial charge in [0.15, 0.2) is 6.10 Å². The van der Waals surface area contributed by atoms with E-state index in [1.807, 2.05) is 0 Å². The summed E-state index contributed by atoms with van der Waals surface area (Å²) in [7, 11) is 0. The first-order valence-electron chi connectivity index (χ1n) is 20.7. The van der Waals surface area contributed by atoms with Crippen molar-refractivity contribution >= 4 is 17.9 Å². The van der Waals surface area contributed by atoms with Crippen LogP contribution in [0, 0.1) is 11.8 Å². The highest BCUT2D eigenvalue weighted by Gasteiger charge is 2.19. The van der Waals surface area contributed by atoms with Gasteiger partial charge in [-0.1, -0.05) is 182 Å². The summed E-state index contributed by atoms with van der Waals surface area (Å²) in [5, 5.41) is 0.